The lowest BCUT2D eigenvalue weighted by Gasteiger charge is -2.30. The average Bonchev–Trinajstić information content (AvgIpc) is 2.32. The summed E-state index contributed by atoms with van der Waals surface area (Å²) in [5, 5.41) is 0. The molecule has 0 fully saturated rings. The fourth-order valence-corrected chi connectivity index (χ4v) is 1.87. The van der Waals surface area contributed by atoms with Gasteiger partial charge in [-0.05, 0) is 37.1 Å². The molecule has 0 aliphatic rings. The Labute approximate surface area is 115 Å². The van der Waals surface area contributed by atoms with Crippen molar-refractivity contribution in [1.29, 1.82) is 0 Å². The van der Waals surface area contributed by atoms with Gasteiger partial charge in [-0.25, -0.2) is 4.39 Å². The quantitative estimate of drug-likeness (QED) is 0.794. The first-order valence-electron chi connectivity index (χ1n) is 6.85. The third kappa shape index (κ3) is 4.05. The number of halogens is 1. The zero-order valence-corrected chi connectivity index (χ0v) is 12.6. The number of hydrogen-bond acceptors (Lipinski definition) is 1. The Balaban J connectivity index is 3.09. The third-order valence-electron chi connectivity index (χ3n) is 3.08. The first-order chi connectivity index (χ1) is 8.77. The number of nitrogens with zero attached hydrogens (tertiary/aromatic N) is 1. The number of rotatable bonds is 4. The van der Waals surface area contributed by atoms with Crippen LogP contribution in [0.25, 0.3) is 0 Å². The van der Waals surface area contributed by atoms with Crippen molar-refractivity contribution >= 4 is 11.6 Å². The minimum absolute atomic E-state index is 0.0759. The first-order valence-corrected chi connectivity index (χ1v) is 6.85. The predicted octanol–water partition coefficient (Wildman–Crippen LogP) is 4.31. The number of aryl methyl sites for hydroxylation is 1. The van der Waals surface area contributed by atoms with Gasteiger partial charge in [0.2, 0.25) is 5.91 Å². The first kappa shape index (κ1) is 15.7. The van der Waals surface area contributed by atoms with Crippen LogP contribution in [0.2, 0.25) is 0 Å². The molecule has 0 heterocycles. The van der Waals surface area contributed by atoms with Gasteiger partial charge in [-0.15, -0.1) is 0 Å². The molecular formula is C16H24FNO. The van der Waals surface area contributed by atoms with Gasteiger partial charge >= 0.3 is 0 Å². The van der Waals surface area contributed by atoms with Crippen LogP contribution in [-0.2, 0) is 4.79 Å². The maximum absolute atomic E-state index is 13.3. The number of hydrogen-bond donors (Lipinski definition) is 0. The lowest BCUT2D eigenvalue weighted by Crippen LogP contribution is -2.40. The van der Waals surface area contributed by atoms with Crippen molar-refractivity contribution in [2.24, 2.45) is 5.41 Å². The van der Waals surface area contributed by atoms with Gasteiger partial charge in [0.05, 0.1) is 0 Å². The zero-order valence-electron chi connectivity index (χ0n) is 12.6. The summed E-state index contributed by atoms with van der Waals surface area (Å²) in [5.41, 5.74) is 0.920. The second-order valence-corrected chi connectivity index (χ2v) is 5.99. The van der Waals surface area contributed by atoms with Crippen LogP contribution in [0, 0.1) is 18.2 Å². The van der Waals surface area contributed by atoms with E-state index in [1.165, 1.54) is 6.07 Å². The topological polar surface area (TPSA) is 20.3 Å². The highest BCUT2D eigenvalue weighted by atomic mass is 19.1. The summed E-state index contributed by atoms with van der Waals surface area (Å²) in [6.07, 6.45) is 1.96. The Morgan fingerprint density at radius 3 is 2.42 bits per heavy atom. The molecule has 0 aromatic heterocycles. The Morgan fingerprint density at radius 2 is 1.95 bits per heavy atom. The van der Waals surface area contributed by atoms with Crippen molar-refractivity contribution < 1.29 is 9.18 Å². The standard InChI is InChI=1S/C16H24FNO/c1-6-7-10-18(15(19)16(3,4)5)13-8-9-14(17)12(2)11-13/h8-9,11H,6-7,10H2,1-5H3. The second kappa shape index (κ2) is 6.18. The normalized spacial score (nSPS) is 11.5. The van der Waals surface area contributed by atoms with Crippen LogP contribution in [0.3, 0.4) is 0 Å². The van der Waals surface area contributed by atoms with Crippen molar-refractivity contribution in [3.8, 4) is 0 Å². The van der Waals surface area contributed by atoms with Crippen LogP contribution in [0.5, 0.6) is 0 Å². The maximum atomic E-state index is 13.3. The monoisotopic (exact) mass is 265 g/mol. The summed E-state index contributed by atoms with van der Waals surface area (Å²) in [6.45, 7) is 10.2. The number of carbonyl (C=O) groups is 1. The fraction of sp³-hybridized carbons (Fsp3) is 0.562. The molecular weight excluding hydrogens is 241 g/mol. The van der Waals surface area contributed by atoms with E-state index in [0.717, 1.165) is 18.5 Å². The molecule has 1 aromatic carbocycles. The van der Waals surface area contributed by atoms with Gasteiger partial charge in [0.1, 0.15) is 5.82 Å². The fourth-order valence-electron chi connectivity index (χ4n) is 1.87. The number of amides is 1. The molecule has 3 heteroatoms. The van der Waals surface area contributed by atoms with E-state index in [1.54, 1.807) is 24.0 Å². The second-order valence-electron chi connectivity index (χ2n) is 5.99. The van der Waals surface area contributed by atoms with E-state index in [4.69, 9.17) is 0 Å². The van der Waals surface area contributed by atoms with Crippen molar-refractivity contribution in [2.75, 3.05) is 11.4 Å². The minimum Gasteiger partial charge on any atom is -0.312 e. The highest BCUT2D eigenvalue weighted by Gasteiger charge is 2.28. The molecule has 106 valence electrons. The average molecular weight is 265 g/mol. The van der Waals surface area contributed by atoms with Crippen LogP contribution in [0.15, 0.2) is 18.2 Å². The van der Waals surface area contributed by atoms with E-state index in [1.807, 2.05) is 20.8 Å². The SMILES string of the molecule is CCCCN(C(=O)C(C)(C)C)c1ccc(F)c(C)c1. The van der Waals surface area contributed by atoms with Crippen molar-refractivity contribution in [1.82, 2.24) is 0 Å². The molecule has 0 aliphatic heterocycles. The molecule has 0 aliphatic carbocycles. The largest absolute Gasteiger partial charge is 0.312 e. The van der Waals surface area contributed by atoms with Gasteiger partial charge in [0.25, 0.3) is 0 Å². The summed E-state index contributed by atoms with van der Waals surface area (Å²) in [5.74, 6) is -0.158. The molecule has 1 rings (SSSR count). The van der Waals surface area contributed by atoms with Gasteiger partial charge in [-0.3, -0.25) is 4.79 Å². The Kier molecular flexibility index (Phi) is 5.10. The lowest BCUT2D eigenvalue weighted by molar-refractivity contribution is -0.125. The van der Waals surface area contributed by atoms with Crippen LogP contribution in [0.1, 0.15) is 46.1 Å². The van der Waals surface area contributed by atoms with Crippen LogP contribution in [-0.4, -0.2) is 12.5 Å². The summed E-state index contributed by atoms with van der Waals surface area (Å²) in [7, 11) is 0. The number of anilines is 1. The van der Waals surface area contributed by atoms with Gasteiger partial charge in [-0.2, -0.15) is 0 Å². The molecule has 0 unspecified atom stereocenters. The van der Waals surface area contributed by atoms with Crippen LogP contribution < -0.4 is 4.90 Å². The molecule has 0 saturated heterocycles. The highest BCUT2D eigenvalue weighted by molar-refractivity contribution is 5.96. The van der Waals surface area contributed by atoms with Gasteiger partial charge in [0.15, 0.2) is 0 Å². The number of unbranched alkanes of at least 4 members (excludes halogenated alkanes) is 1. The summed E-state index contributed by atoms with van der Waals surface area (Å²) in [6, 6.07) is 4.86. The Hall–Kier alpha value is -1.38. The number of carbonyl (C=O) groups excluding carboxylic acids is 1. The van der Waals surface area contributed by atoms with Crippen LogP contribution in [0.4, 0.5) is 10.1 Å². The molecule has 0 radical (unpaired) electrons. The zero-order chi connectivity index (χ0) is 14.6. The Bertz CT molecular complexity index is 449. The molecule has 0 atom stereocenters. The molecule has 2 nitrogen and oxygen atoms in total. The van der Waals surface area contributed by atoms with E-state index in [0.29, 0.717) is 12.1 Å². The van der Waals surface area contributed by atoms with E-state index in [9.17, 15) is 9.18 Å². The predicted molar refractivity (Wildman–Crippen MR) is 77.9 cm³/mol. The van der Waals surface area contributed by atoms with E-state index >= 15 is 0 Å². The van der Waals surface area contributed by atoms with Gasteiger partial charge in [-0.1, -0.05) is 34.1 Å². The smallest absolute Gasteiger partial charge is 0.232 e. The van der Waals surface area contributed by atoms with Gasteiger partial charge < -0.3 is 4.90 Å². The van der Waals surface area contributed by atoms with Crippen molar-refractivity contribution in [3.63, 3.8) is 0 Å². The van der Waals surface area contributed by atoms with Crippen molar-refractivity contribution in [3.05, 3.63) is 29.6 Å². The lowest BCUT2D eigenvalue weighted by atomic mass is 9.94. The molecule has 0 N–H and O–H groups in total. The summed E-state index contributed by atoms with van der Waals surface area (Å²) in [4.78, 5) is 14.3. The van der Waals surface area contributed by atoms with Crippen molar-refractivity contribution in [2.45, 2.75) is 47.5 Å². The molecule has 1 amide bonds. The maximum Gasteiger partial charge on any atom is 0.232 e. The van der Waals surface area contributed by atoms with Gasteiger partial charge in [0, 0.05) is 17.6 Å². The van der Waals surface area contributed by atoms with E-state index in [-0.39, 0.29) is 11.7 Å². The molecule has 1 aromatic rings. The molecule has 0 saturated carbocycles. The molecule has 19 heavy (non-hydrogen) atoms. The van der Waals surface area contributed by atoms with E-state index < -0.39 is 5.41 Å². The van der Waals surface area contributed by atoms with Crippen LogP contribution >= 0.6 is 0 Å². The molecule has 0 bridgehead atoms. The summed E-state index contributed by atoms with van der Waals surface area (Å²) < 4.78 is 13.3. The van der Waals surface area contributed by atoms with E-state index in [2.05, 4.69) is 6.92 Å². The molecule has 0 spiro atoms. The minimum atomic E-state index is -0.434. The number of benzene rings is 1. The summed E-state index contributed by atoms with van der Waals surface area (Å²) >= 11 is 0. The Morgan fingerprint density at radius 1 is 1.32 bits per heavy atom. The highest BCUT2D eigenvalue weighted by Crippen LogP contribution is 2.25. The third-order valence-corrected chi connectivity index (χ3v) is 3.08.